The first kappa shape index (κ1) is 15.0. The van der Waals surface area contributed by atoms with Gasteiger partial charge in [-0.15, -0.1) is 0 Å². The van der Waals surface area contributed by atoms with Gasteiger partial charge in [-0.25, -0.2) is 4.98 Å². The third-order valence-electron chi connectivity index (χ3n) is 2.79. The van der Waals surface area contributed by atoms with Crippen LogP contribution in [0.2, 0.25) is 10.0 Å². The molecule has 0 saturated heterocycles. The summed E-state index contributed by atoms with van der Waals surface area (Å²) in [4.78, 5) is 16.6. The van der Waals surface area contributed by atoms with Gasteiger partial charge in [0.1, 0.15) is 5.52 Å². The van der Waals surface area contributed by atoms with Gasteiger partial charge in [0.25, 0.3) is 5.91 Å². The Kier molecular flexibility index (Phi) is 4.35. The third-order valence-corrected chi connectivity index (χ3v) is 5.46. The van der Waals surface area contributed by atoms with Gasteiger partial charge in [-0.1, -0.05) is 46.7 Å². The van der Waals surface area contributed by atoms with Crippen LogP contribution < -0.4 is 5.32 Å². The molecular weight excluding hydrogens is 442 g/mol. The number of thiazole rings is 1. The number of amides is 1. The van der Waals surface area contributed by atoms with Gasteiger partial charge in [0.2, 0.25) is 0 Å². The van der Waals surface area contributed by atoms with Crippen molar-refractivity contribution in [2.45, 2.75) is 0 Å². The van der Waals surface area contributed by atoms with Crippen molar-refractivity contribution < 1.29 is 4.79 Å². The molecule has 1 aromatic heterocycles. The van der Waals surface area contributed by atoms with Crippen LogP contribution in [0.4, 0.5) is 5.13 Å². The van der Waals surface area contributed by atoms with Crippen LogP contribution in [0.25, 0.3) is 10.2 Å². The van der Waals surface area contributed by atoms with Gasteiger partial charge >= 0.3 is 0 Å². The van der Waals surface area contributed by atoms with E-state index in [1.165, 1.54) is 11.3 Å². The van der Waals surface area contributed by atoms with Gasteiger partial charge in [0, 0.05) is 3.57 Å². The summed E-state index contributed by atoms with van der Waals surface area (Å²) >= 11 is 15.6. The molecule has 106 valence electrons. The predicted molar refractivity (Wildman–Crippen MR) is 96.8 cm³/mol. The van der Waals surface area contributed by atoms with Crippen LogP contribution in [0.1, 0.15) is 10.4 Å². The molecule has 21 heavy (non-hydrogen) atoms. The number of carbonyl (C=O) groups is 1. The van der Waals surface area contributed by atoms with Crippen LogP contribution in [0, 0.1) is 3.57 Å². The van der Waals surface area contributed by atoms with Crippen molar-refractivity contribution in [1.29, 1.82) is 0 Å². The normalized spacial score (nSPS) is 10.8. The lowest BCUT2D eigenvalue weighted by Crippen LogP contribution is -2.12. The molecule has 1 amide bonds. The smallest absolute Gasteiger partial charge is 0.258 e. The van der Waals surface area contributed by atoms with Crippen molar-refractivity contribution >= 4 is 78.4 Å². The first-order valence-electron chi connectivity index (χ1n) is 5.86. The van der Waals surface area contributed by atoms with E-state index in [-0.39, 0.29) is 5.91 Å². The number of rotatable bonds is 2. The molecule has 0 atom stereocenters. The third kappa shape index (κ3) is 3.01. The van der Waals surface area contributed by atoms with Gasteiger partial charge in [-0.05, 0) is 46.9 Å². The second-order valence-corrected chi connectivity index (χ2v) is 7.14. The number of hydrogen-bond acceptors (Lipinski definition) is 3. The fraction of sp³-hybridized carbons (Fsp3) is 0. The molecule has 0 unspecified atom stereocenters. The average Bonchev–Trinajstić information content (AvgIpc) is 2.87. The molecule has 0 aliphatic carbocycles. The molecule has 0 aliphatic heterocycles. The fourth-order valence-corrected chi connectivity index (χ4v) is 3.72. The zero-order valence-corrected chi connectivity index (χ0v) is 14.8. The second-order valence-electron chi connectivity index (χ2n) is 4.16. The Morgan fingerprint density at radius 3 is 2.71 bits per heavy atom. The molecule has 0 bridgehead atoms. The van der Waals surface area contributed by atoms with Crippen molar-refractivity contribution in [2.24, 2.45) is 0 Å². The summed E-state index contributed by atoms with van der Waals surface area (Å²) in [5.74, 6) is -0.193. The number of hydrogen-bond donors (Lipinski definition) is 1. The summed E-state index contributed by atoms with van der Waals surface area (Å²) in [7, 11) is 0. The van der Waals surface area contributed by atoms with Gasteiger partial charge in [0.15, 0.2) is 5.13 Å². The average molecular weight is 449 g/mol. The standard InChI is InChI=1S/C14H7Cl2IN2OS/c15-8-5-6-10-12(11(8)16)18-14(21-10)19-13(20)7-3-1-2-4-9(7)17/h1-6H,(H,18,19,20). The Balaban J connectivity index is 1.94. The number of carbonyl (C=O) groups excluding carboxylic acids is 1. The summed E-state index contributed by atoms with van der Waals surface area (Å²) in [6.07, 6.45) is 0. The minimum atomic E-state index is -0.193. The maximum atomic E-state index is 12.3. The van der Waals surface area contributed by atoms with Gasteiger partial charge in [-0.2, -0.15) is 0 Å². The summed E-state index contributed by atoms with van der Waals surface area (Å²) in [6.45, 7) is 0. The van der Waals surface area contributed by atoms with E-state index in [0.717, 1.165) is 8.27 Å². The zero-order valence-electron chi connectivity index (χ0n) is 10.4. The fourth-order valence-electron chi connectivity index (χ4n) is 1.80. The summed E-state index contributed by atoms with van der Waals surface area (Å²) < 4.78 is 1.76. The molecule has 1 N–H and O–H groups in total. The lowest BCUT2D eigenvalue weighted by atomic mass is 10.2. The van der Waals surface area contributed by atoms with Crippen LogP contribution in [-0.2, 0) is 0 Å². The maximum Gasteiger partial charge on any atom is 0.258 e. The Hall–Kier alpha value is -0.890. The molecule has 1 heterocycles. The lowest BCUT2D eigenvalue weighted by molar-refractivity contribution is 0.102. The zero-order chi connectivity index (χ0) is 15.0. The van der Waals surface area contributed by atoms with E-state index in [1.54, 1.807) is 12.1 Å². The quantitative estimate of drug-likeness (QED) is 0.529. The number of nitrogens with zero attached hydrogens (tertiary/aromatic N) is 1. The Morgan fingerprint density at radius 2 is 1.95 bits per heavy atom. The molecule has 0 aliphatic rings. The van der Waals surface area contributed by atoms with Gasteiger partial charge in [0.05, 0.1) is 20.3 Å². The van der Waals surface area contributed by atoms with E-state index in [4.69, 9.17) is 23.2 Å². The van der Waals surface area contributed by atoms with Gasteiger partial charge < -0.3 is 0 Å². The summed E-state index contributed by atoms with van der Waals surface area (Å²) in [5.41, 5.74) is 1.22. The minimum absolute atomic E-state index is 0.193. The first-order chi connectivity index (χ1) is 10.1. The number of anilines is 1. The number of halogens is 3. The molecule has 0 spiro atoms. The highest BCUT2D eigenvalue weighted by Gasteiger charge is 2.14. The summed E-state index contributed by atoms with van der Waals surface area (Å²) in [6, 6.07) is 10.9. The van der Waals surface area contributed by atoms with Crippen LogP contribution in [0.15, 0.2) is 36.4 Å². The molecule has 2 aromatic carbocycles. The highest BCUT2D eigenvalue weighted by atomic mass is 127. The number of nitrogens with one attached hydrogen (secondary N) is 1. The maximum absolute atomic E-state index is 12.3. The number of fused-ring (bicyclic) bond motifs is 1. The van der Waals surface area contributed by atoms with Crippen molar-refractivity contribution in [3.05, 3.63) is 55.6 Å². The topological polar surface area (TPSA) is 42.0 Å². The van der Waals surface area contributed by atoms with Crippen LogP contribution in [-0.4, -0.2) is 10.9 Å². The van der Waals surface area contributed by atoms with Gasteiger partial charge in [-0.3, -0.25) is 10.1 Å². The SMILES string of the molecule is O=C(Nc1nc2c(Cl)c(Cl)ccc2s1)c1ccccc1I. The molecule has 0 saturated carbocycles. The minimum Gasteiger partial charge on any atom is -0.298 e. The van der Waals surface area contributed by atoms with Crippen molar-refractivity contribution in [3.8, 4) is 0 Å². The van der Waals surface area contributed by atoms with E-state index in [9.17, 15) is 4.79 Å². The van der Waals surface area contributed by atoms with E-state index in [1.807, 2.05) is 24.3 Å². The molecule has 0 fully saturated rings. The first-order valence-corrected chi connectivity index (χ1v) is 8.52. The second kappa shape index (κ2) is 6.08. The predicted octanol–water partition coefficient (Wildman–Crippen LogP) is 5.46. The van der Waals surface area contributed by atoms with Crippen molar-refractivity contribution in [1.82, 2.24) is 4.98 Å². The molecular formula is C14H7Cl2IN2OS. The number of aromatic nitrogens is 1. The van der Waals surface area contributed by atoms with E-state index >= 15 is 0 Å². The number of benzene rings is 2. The highest BCUT2D eigenvalue weighted by molar-refractivity contribution is 14.1. The molecule has 0 radical (unpaired) electrons. The van der Waals surface area contributed by atoms with Crippen LogP contribution in [0.5, 0.6) is 0 Å². The Bertz CT molecular complexity index is 850. The van der Waals surface area contributed by atoms with Crippen molar-refractivity contribution in [2.75, 3.05) is 5.32 Å². The Morgan fingerprint density at radius 1 is 1.19 bits per heavy atom. The molecule has 3 rings (SSSR count). The molecule has 3 nitrogen and oxygen atoms in total. The summed E-state index contributed by atoms with van der Waals surface area (Å²) in [5, 5.41) is 4.15. The highest BCUT2D eigenvalue weighted by Crippen LogP contribution is 2.35. The monoisotopic (exact) mass is 448 g/mol. The lowest BCUT2D eigenvalue weighted by Gasteiger charge is -2.03. The largest absolute Gasteiger partial charge is 0.298 e. The van der Waals surface area contributed by atoms with Crippen LogP contribution in [0.3, 0.4) is 0 Å². The molecule has 7 heteroatoms. The van der Waals surface area contributed by atoms with Crippen molar-refractivity contribution in [3.63, 3.8) is 0 Å². The van der Waals surface area contributed by atoms with E-state index in [2.05, 4.69) is 32.9 Å². The van der Waals surface area contributed by atoms with Crippen LogP contribution >= 0.6 is 57.1 Å². The van der Waals surface area contributed by atoms with E-state index < -0.39 is 0 Å². The molecule has 3 aromatic rings. The van der Waals surface area contributed by atoms with E-state index in [0.29, 0.717) is 26.3 Å². The Labute approximate surface area is 148 Å².